The minimum Gasteiger partial charge on any atom is -0.455 e. The highest BCUT2D eigenvalue weighted by Gasteiger charge is 2.67. The standard InChI is InChI=1S/C23H17F3N2O3/c24-23(25,26)12-3-1-2-11(8-12)18-7-4-13(31-18)10-27-28-21(29)19-14-5-6-15(17-9-16(14)17)20(19)22(28)30/h1-8,10,14-17,19-20H,9H2/b27-10-/t14-,15+,16+,17-,19-,20+. The van der Waals surface area contributed by atoms with Crippen LogP contribution in [-0.4, -0.2) is 23.0 Å². The number of hydrazone groups is 1. The summed E-state index contributed by atoms with van der Waals surface area (Å²) in [5.41, 5.74) is -0.496. The number of imide groups is 1. The van der Waals surface area contributed by atoms with Crippen molar-refractivity contribution in [2.45, 2.75) is 12.6 Å². The molecule has 5 nitrogen and oxygen atoms in total. The van der Waals surface area contributed by atoms with Crippen LogP contribution in [0.5, 0.6) is 0 Å². The van der Waals surface area contributed by atoms with E-state index >= 15 is 0 Å². The van der Waals surface area contributed by atoms with Crippen molar-refractivity contribution < 1.29 is 27.2 Å². The first-order valence-electron chi connectivity index (χ1n) is 10.2. The number of nitrogens with zero attached hydrogens (tertiary/aromatic N) is 2. The highest BCUT2D eigenvalue weighted by molar-refractivity contribution is 6.06. The Bertz CT molecular complexity index is 1130. The molecule has 5 aliphatic rings. The summed E-state index contributed by atoms with van der Waals surface area (Å²) < 4.78 is 44.4. The molecule has 3 fully saturated rings. The number of furan rings is 1. The van der Waals surface area contributed by atoms with Gasteiger partial charge >= 0.3 is 6.18 Å². The summed E-state index contributed by atoms with van der Waals surface area (Å²) in [6.45, 7) is 0. The third-order valence-corrected chi connectivity index (χ3v) is 7.04. The average Bonchev–Trinajstić information content (AvgIpc) is 3.38. The lowest BCUT2D eigenvalue weighted by Gasteiger charge is -2.37. The van der Waals surface area contributed by atoms with Gasteiger partial charge in [0.05, 0.1) is 23.6 Å². The van der Waals surface area contributed by atoms with Gasteiger partial charge in [-0.3, -0.25) is 9.59 Å². The summed E-state index contributed by atoms with van der Waals surface area (Å²) in [7, 11) is 0. The van der Waals surface area contributed by atoms with Crippen molar-refractivity contribution in [3.05, 3.63) is 59.9 Å². The molecule has 1 saturated heterocycles. The van der Waals surface area contributed by atoms with E-state index in [-0.39, 0.29) is 52.6 Å². The van der Waals surface area contributed by atoms with Crippen molar-refractivity contribution in [2.75, 3.05) is 0 Å². The normalized spacial score (nSPS) is 33.3. The Morgan fingerprint density at radius 2 is 1.68 bits per heavy atom. The minimum atomic E-state index is -4.45. The first-order valence-corrected chi connectivity index (χ1v) is 10.2. The van der Waals surface area contributed by atoms with Crippen LogP contribution in [0.15, 0.2) is 58.1 Å². The highest BCUT2D eigenvalue weighted by Crippen LogP contribution is 2.65. The quantitative estimate of drug-likeness (QED) is 0.416. The van der Waals surface area contributed by atoms with Gasteiger partial charge in [0.1, 0.15) is 11.5 Å². The lowest BCUT2D eigenvalue weighted by molar-refractivity contribution is -0.140. The number of hydrogen-bond donors (Lipinski definition) is 0. The van der Waals surface area contributed by atoms with Crippen LogP contribution in [0, 0.1) is 35.5 Å². The molecule has 2 bridgehead atoms. The number of hydrogen-bond acceptors (Lipinski definition) is 4. The van der Waals surface area contributed by atoms with Crippen molar-refractivity contribution in [1.29, 1.82) is 0 Å². The Labute approximate surface area is 175 Å². The van der Waals surface area contributed by atoms with Crippen LogP contribution in [0.2, 0.25) is 0 Å². The fraction of sp³-hybridized carbons (Fsp3) is 0.348. The zero-order chi connectivity index (χ0) is 21.5. The SMILES string of the molecule is O=C1[C@@H]2[C@@H]3C=C[C@@H]([C@H]4C[C@@H]34)[C@@H]2C(=O)N1/N=C\c1ccc(-c2cccc(C(F)(F)F)c2)o1. The molecule has 31 heavy (non-hydrogen) atoms. The van der Waals surface area contributed by atoms with Gasteiger partial charge in [-0.2, -0.15) is 23.3 Å². The predicted octanol–water partition coefficient (Wildman–Crippen LogP) is 4.35. The second kappa shape index (κ2) is 6.18. The van der Waals surface area contributed by atoms with Gasteiger partial charge in [0, 0.05) is 5.56 Å². The molecule has 6 atom stereocenters. The summed E-state index contributed by atoms with van der Waals surface area (Å²) in [6.07, 6.45) is 2.08. The second-order valence-corrected chi connectivity index (χ2v) is 8.67. The van der Waals surface area contributed by atoms with E-state index in [0.717, 1.165) is 23.6 Å². The van der Waals surface area contributed by atoms with Crippen LogP contribution >= 0.6 is 0 Å². The third-order valence-electron chi connectivity index (χ3n) is 7.04. The van der Waals surface area contributed by atoms with Crippen LogP contribution in [0.25, 0.3) is 11.3 Å². The van der Waals surface area contributed by atoms with Gasteiger partial charge in [-0.05, 0) is 54.4 Å². The summed E-state index contributed by atoms with van der Waals surface area (Å²) in [5.74, 6) is 0.520. The molecule has 7 rings (SSSR count). The number of carbonyl (C=O) groups is 2. The predicted molar refractivity (Wildman–Crippen MR) is 103 cm³/mol. The monoisotopic (exact) mass is 426 g/mol. The van der Waals surface area contributed by atoms with E-state index in [9.17, 15) is 22.8 Å². The Morgan fingerprint density at radius 1 is 1.00 bits per heavy atom. The molecule has 0 N–H and O–H groups in total. The molecule has 0 unspecified atom stereocenters. The number of allylic oxidation sites excluding steroid dienone is 2. The number of alkyl halides is 3. The Kier molecular flexibility index (Phi) is 3.71. The van der Waals surface area contributed by atoms with Crippen LogP contribution < -0.4 is 0 Å². The van der Waals surface area contributed by atoms with Crippen LogP contribution in [0.3, 0.4) is 0 Å². The van der Waals surface area contributed by atoms with Crippen molar-refractivity contribution in [1.82, 2.24) is 5.01 Å². The van der Waals surface area contributed by atoms with Crippen LogP contribution in [0.4, 0.5) is 13.2 Å². The number of benzene rings is 1. The van der Waals surface area contributed by atoms with Crippen molar-refractivity contribution >= 4 is 18.0 Å². The van der Waals surface area contributed by atoms with E-state index in [0.29, 0.717) is 11.8 Å². The molecule has 1 aromatic heterocycles. The molecule has 8 heteroatoms. The molecular weight excluding hydrogens is 409 g/mol. The third kappa shape index (κ3) is 2.73. The van der Waals surface area contributed by atoms with E-state index in [1.165, 1.54) is 30.5 Å². The molecule has 4 aliphatic carbocycles. The van der Waals surface area contributed by atoms with Gasteiger partial charge in [0.25, 0.3) is 11.8 Å². The topological polar surface area (TPSA) is 62.9 Å². The van der Waals surface area contributed by atoms with E-state index < -0.39 is 11.7 Å². The average molecular weight is 426 g/mol. The Morgan fingerprint density at radius 3 is 2.32 bits per heavy atom. The molecule has 2 heterocycles. The lowest BCUT2D eigenvalue weighted by atomic mass is 9.63. The van der Waals surface area contributed by atoms with Crippen molar-refractivity contribution in [3.8, 4) is 11.3 Å². The van der Waals surface area contributed by atoms with Gasteiger partial charge < -0.3 is 4.42 Å². The lowest BCUT2D eigenvalue weighted by Crippen LogP contribution is -2.40. The zero-order valence-electron chi connectivity index (χ0n) is 16.1. The minimum absolute atomic E-state index is 0.118. The largest absolute Gasteiger partial charge is 0.455 e. The number of carbonyl (C=O) groups excluding carboxylic acids is 2. The summed E-state index contributed by atoms with van der Waals surface area (Å²) in [5, 5.41) is 5.03. The summed E-state index contributed by atoms with van der Waals surface area (Å²) in [4.78, 5) is 25.8. The molecule has 1 aromatic carbocycles. The van der Waals surface area contributed by atoms with Crippen molar-refractivity contribution in [3.63, 3.8) is 0 Å². The second-order valence-electron chi connectivity index (χ2n) is 8.67. The smallest absolute Gasteiger partial charge is 0.416 e. The Hall–Kier alpha value is -3.16. The fourth-order valence-electron chi connectivity index (χ4n) is 5.60. The highest BCUT2D eigenvalue weighted by atomic mass is 19.4. The first-order chi connectivity index (χ1) is 14.8. The van der Waals surface area contributed by atoms with Gasteiger partial charge in [-0.1, -0.05) is 24.3 Å². The maximum atomic E-state index is 12.9. The van der Waals surface area contributed by atoms with E-state index in [4.69, 9.17) is 4.42 Å². The molecule has 0 spiro atoms. The number of rotatable bonds is 3. The van der Waals surface area contributed by atoms with Gasteiger partial charge in [-0.25, -0.2) is 0 Å². The van der Waals surface area contributed by atoms with Crippen LogP contribution in [-0.2, 0) is 15.8 Å². The van der Waals surface area contributed by atoms with E-state index in [1.807, 2.05) is 0 Å². The van der Waals surface area contributed by atoms with Crippen molar-refractivity contribution in [2.24, 2.45) is 40.6 Å². The Balaban J connectivity index is 1.23. The molecule has 158 valence electrons. The molecule has 2 aromatic rings. The van der Waals surface area contributed by atoms with Gasteiger partial charge in [0.15, 0.2) is 0 Å². The molecule has 0 radical (unpaired) electrons. The zero-order valence-corrected chi connectivity index (χ0v) is 16.1. The summed E-state index contributed by atoms with van der Waals surface area (Å²) >= 11 is 0. The number of halogens is 3. The van der Waals surface area contributed by atoms with Gasteiger partial charge in [-0.15, -0.1) is 0 Å². The molecule has 2 saturated carbocycles. The van der Waals surface area contributed by atoms with E-state index in [2.05, 4.69) is 17.3 Å². The summed E-state index contributed by atoms with van der Waals surface area (Å²) in [6, 6.07) is 7.89. The molecule has 1 aliphatic heterocycles. The fourth-order valence-corrected chi connectivity index (χ4v) is 5.60. The number of amides is 2. The van der Waals surface area contributed by atoms with Gasteiger partial charge in [0.2, 0.25) is 0 Å². The van der Waals surface area contributed by atoms with Crippen LogP contribution in [0.1, 0.15) is 17.7 Å². The maximum Gasteiger partial charge on any atom is 0.416 e. The molecular formula is C23H17F3N2O3. The van der Waals surface area contributed by atoms with E-state index in [1.54, 1.807) is 0 Å². The first kappa shape index (κ1) is 18.6. The molecule has 2 amide bonds. The maximum absolute atomic E-state index is 12.9.